The Hall–Kier alpha value is -2.43. The fourth-order valence-electron chi connectivity index (χ4n) is 2.04. The highest BCUT2D eigenvalue weighted by Gasteiger charge is 2.54. The van der Waals surface area contributed by atoms with Gasteiger partial charge in [0, 0.05) is 5.38 Å². The highest BCUT2D eigenvalue weighted by Crippen LogP contribution is 2.32. The van der Waals surface area contributed by atoms with Gasteiger partial charge in [0.15, 0.2) is 10.8 Å². The number of β-lactam (4-membered cyclic amide) rings is 1. The summed E-state index contributed by atoms with van der Waals surface area (Å²) in [4.78, 5) is 43.6. The third-order valence-corrected chi connectivity index (χ3v) is 6.02. The third-order valence-electron chi connectivity index (χ3n) is 3.07. The molecule has 0 aromatic carbocycles. The zero-order chi connectivity index (χ0) is 20.4. The number of hydrogen-bond donors (Lipinski definition) is 4. The number of oxime groups is 1. The van der Waals surface area contributed by atoms with Crippen LogP contribution < -0.4 is 11.1 Å². The molecule has 2 amide bonds. The molecule has 16 heteroatoms. The van der Waals surface area contributed by atoms with Crippen LogP contribution in [0.25, 0.3) is 0 Å². The molecule has 2 heterocycles. The Balaban J connectivity index is 2.22. The number of carbonyl (C=O) groups excluding carboxylic acids is 2. The van der Waals surface area contributed by atoms with Gasteiger partial charge in [0.25, 0.3) is 11.8 Å². The minimum atomic E-state index is -4.92. The van der Waals surface area contributed by atoms with Crippen LogP contribution >= 0.6 is 23.1 Å². The molecule has 13 nitrogen and oxygen atoms in total. The molecule has 0 saturated carbocycles. The number of rotatable bonds is 8. The van der Waals surface area contributed by atoms with Gasteiger partial charge in [-0.15, -0.1) is 23.1 Å². The number of carboxylic acids is 1. The number of thiazole rings is 1. The number of carboxylic acid groups (broad SMARTS) is 1. The van der Waals surface area contributed by atoms with Crippen molar-refractivity contribution in [2.75, 3.05) is 18.6 Å². The van der Waals surface area contributed by atoms with Crippen LogP contribution in [0.5, 0.6) is 0 Å². The summed E-state index contributed by atoms with van der Waals surface area (Å²) in [7, 11) is -3.75. The van der Waals surface area contributed by atoms with E-state index in [0.717, 1.165) is 11.3 Å². The van der Waals surface area contributed by atoms with Crippen molar-refractivity contribution in [3.05, 3.63) is 11.1 Å². The number of aliphatic carboxylic acids is 1. The van der Waals surface area contributed by atoms with Crippen LogP contribution in [0.15, 0.2) is 10.5 Å². The number of nitrogens with zero attached hydrogens (tertiary/aromatic N) is 3. The number of nitrogens with one attached hydrogen (secondary N) is 1. The first kappa shape index (κ1) is 20.9. The summed E-state index contributed by atoms with van der Waals surface area (Å²) in [5.74, 6) is -3.92. The molecule has 0 unspecified atom stereocenters. The molecule has 5 N–H and O–H groups in total. The lowest BCUT2D eigenvalue weighted by Gasteiger charge is -2.43. The van der Waals surface area contributed by atoms with E-state index in [1.54, 1.807) is 0 Å². The molecule has 2 atom stereocenters. The number of anilines is 1. The predicted octanol–water partition coefficient (Wildman–Crippen LogP) is -1.65. The fourth-order valence-corrected chi connectivity index (χ4v) is 4.75. The van der Waals surface area contributed by atoms with E-state index in [4.69, 9.17) is 15.4 Å². The second kappa shape index (κ2) is 8.07. The molecule has 1 saturated heterocycles. The van der Waals surface area contributed by atoms with Gasteiger partial charge in [0.1, 0.15) is 24.2 Å². The lowest BCUT2D eigenvalue weighted by Crippen LogP contribution is -2.71. The summed E-state index contributed by atoms with van der Waals surface area (Å²) >= 11 is 1.56. The zero-order valence-corrected chi connectivity index (χ0v) is 15.9. The number of thioether (sulfide) groups is 1. The van der Waals surface area contributed by atoms with Gasteiger partial charge in [-0.2, -0.15) is 12.7 Å². The van der Waals surface area contributed by atoms with Crippen molar-refractivity contribution in [2.45, 2.75) is 11.4 Å². The molecule has 2 rings (SSSR count). The van der Waals surface area contributed by atoms with Gasteiger partial charge >= 0.3 is 16.3 Å². The standard InChI is InChI=1S/C11H13N5O8S3/c1-24-15-6(4-2-26-11(12)13-4)8(19)14-7-9(20)16(27(21,22)23)10(7)25-3-5(17)18/h2,7,10H,3H2,1H3,(H2,12,13)(H,14,19)(H,17,18)(H,21,22,23)/b15-6-/t7-,10+/m1/s1. The average Bonchev–Trinajstić information content (AvgIpc) is 2.98. The van der Waals surface area contributed by atoms with E-state index in [9.17, 15) is 22.8 Å². The maximum atomic E-state index is 12.4. The molecular weight excluding hydrogens is 426 g/mol. The van der Waals surface area contributed by atoms with Crippen molar-refractivity contribution in [1.82, 2.24) is 14.6 Å². The Kier molecular flexibility index (Phi) is 6.24. The van der Waals surface area contributed by atoms with Crippen molar-refractivity contribution in [2.24, 2.45) is 5.16 Å². The Morgan fingerprint density at radius 1 is 1.56 bits per heavy atom. The van der Waals surface area contributed by atoms with Crippen molar-refractivity contribution in [1.29, 1.82) is 0 Å². The van der Waals surface area contributed by atoms with Gasteiger partial charge < -0.3 is 21.0 Å². The second-order valence-corrected chi connectivity index (χ2v) is 8.14. The van der Waals surface area contributed by atoms with Gasteiger partial charge in [-0.3, -0.25) is 18.9 Å². The SMILES string of the molecule is CO/N=C(\C(=O)N[C@@H]1C(=O)N(S(=O)(=O)O)[C@H]1SCC(=O)O)c1csc(N)n1. The van der Waals surface area contributed by atoms with Crippen LogP contribution in [0, 0.1) is 0 Å². The summed E-state index contributed by atoms with van der Waals surface area (Å²) in [6.07, 6.45) is 0. The van der Waals surface area contributed by atoms with Gasteiger partial charge in [-0.05, 0) is 0 Å². The molecule has 1 aromatic rings. The average molecular weight is 439 g/mol. The van der Waals surface area contributed by atoms with Gasteiger partial charge in [-0.1, -0.05) is 5.16 Å². The van der Waals surface area contributed by atoms with Crippen LogP contribution in [-0.2, 0) is 29.5 Å². The van der Waals surface area contributed by atoms with Gasteiger partial charge in [0.2, 0.25) is 0 Å². The molecule has 27 heavy (non-hydrogen) atoms. The van der Waals surface area contributed by atoms with Crippen molar-refractivity contribution >= 4 is 62.0 Å². The van der Waals surface area contributed by atoms with Gasteiger partial charge in [-0.25, -0.2) is 4.98 Å². The van der Waals surface area contributed by atoms with E-state index in [1.165, 1.54) is 12.5 Å². The molecular formula is C11H13N5O8S3. The van der Waals surface area contributed by atoms with Crippen LogP contribution in [0.4, 0.5) is 5.13 Å². The van der Waals surface area contributed by atoms with E-state index in [2.05, 4.69) is 20.3 Å². The molecule has 0 radical (unpaired) electrons. The summed E-state index contributed by atoms with van der Waals surface area (Å²) in [6.45, 7) is 0. The minimum Gasteiger partial charge on any atom is -0.481 e. The summed E-state index contributed by atoms with van der Waals surface area (Å²) in [6, 6.07) is -1.41. The first-order chi connectivity index (χ1) is 12.6. The fraction of sp³-hybridized carbons (Fsp3) is 0.364. The summed E-state index contributed by atoms with van der Waals surface area (Å²) in [5.41, 5.74) is 5.23. The Morgan fingerprint density at radius 2 is 2.22 bits per heavy atom. The minimum absolute atomic E-state index is 0.0602. The number of hydrogen-bond acceptors (Lipinski definition) is 11. The lowest BCUT2D eigenvalue weighted by molar-refractivity contribution is -0.141. The smallest absolute Gasteiger partial charge is 0.363 e. The molecule has 1 fully saturated rings. The van der Waals surface area contributed by atoms with Crippen molar-refractivity contribution in [3.63, 3.8) is 0 Å². The number of nitrogen functional groups attached to an aromatic ring is 1. The van der Waals surface area contributed by atoms with E-state index in [-0.39, 0.29) is 20.8 Å². The highest BCUT2D eigenvalue weighted by atomic mass is 32.2. The number of aromatic nitrogens is 1. The van der Waals surface area contributed by atoms with Crippen LogP contribution in [0.2, 0.25) is 0 Å². The van der Waals surface area contributed by atoms with Crippen molar-refractivity contribution < 1.29 is 37.3 Å². The van der Waals surface area contributed by atoms with E-state index in [1.807, 2.05) is 0 Å². The molecule has 1 aromatic heterocycles. The van der Waals surface area contributed by atoms with E-state index in [0.29, 0.717) is 11.8 Å². The highest BCUT2D eigenvalue weighted by molar-refractivity contribution is 8.01. The monoisotopic (exact) mass is 439 g/mol. The molecule has 148 valence electrons. The topological polar surface area (TPSA) is 202 Å². The molecule has 0 spiro atoms. The Morgan fingerprint density at radius 3 is 2.70 bits per heavy atom. The number of carbonyl (C=O) groups is 3. The van der Waals surface area contributed by atoms with Crippen molar-refractivity contribution in [3.8, 4) is 0 Å². The maximum Gasteiger partial charge on any atom is 0.363 e. The zero-order valence-electron chi connectivity index (χ0n) is 13.4. The summed E-state index contributed by atoms with van der Waals surface area (Å²) in [5, 5.41) is 14.7. The quantitative estimate of drug-likeness (QED) is 0.156. The first-order valence-corrected chi connectivity index (χ1v) is 10.2. The largest absolute Gasteiger partial charge is 0.481 e. The van der Waals surface area contributed by atoms with Gasteiger partial charge in [0.05, 0.1) is 5.75 Å². The summed E-state index contributed by atoms with van der Waals surface area (Å²) < 4.78 is 31.8. The van der Waals surface area contributed by atoms with Crippen LogP contribution in [0.1, 0.15) is 5.69 Å². The van der Waals surface area contributed by atoms with E-state index < -0.39 is 45.3 Å². The van der Waals surface area contributed by atoms with Crippen LogP contribution in [0.3, 0.4) is 0 Å². The molecule has 0 aliphatic carbocycles. The maximum absolute atomic E-state index is 12.4. The first-order valence-electron chi connectivity index (χ1n) is 6.83. The lowest BCUT2D eigenvalue weighted by atomic mass is 10.1. The number of nitrogens with two attached hydrogens (primary N) is 1. The normalized spacial score (nSPS) is 20.1. The molecule has 0 bridgehead atoms. The molecule has 1 aliphatic heterocycles. The molecule has 1 aliphatic rings. The Bertz CT molecular complexity index is 898. The predicted molar refractivity (Wildman–Crippen MR) is 94.3 cm³/mol. The van der Waals surface area contributed by atoms with E-state index >= 15 is 0 Å². The van der Waals surface area contributed by atoms with Crippen LogP contribution in [-0.4, -0.2) is 75.1 Å². The third kappa shape index (κ3) is 4.65. The second-order valence-electron chi connectivity index (χ2n) is 4.85. The number of amides is 2. The Labute approximate surface area is 160 Å².